The van der Waals surface area contributed by atoms with Gasteiger partial charge in [-0.1, -0.05) is 27.7 Å². The summed E-state index contributed by atoms with van der Waals surface area (Å²) >= 11 is 0. The standard InChI is InChI=1S/C19H32O5/c1-11(2)10-20-16-13(4)15-7-6-12(3)14-8-9-18(5)22-17(21-16)19(14,15)24-23-18/h11-17H,6-10H2,1-5H3/t12-,13-,14+,15?,16?,17-,18+,19?/m1/s1. The molecule has 138 valence electrons. The molecule has 24 heavy (non-hydrogen) atoms. The Bertz CT molecular complexity index is 482. The minimum absolute atomic E-state index is 0.228. The Balaban J connectivity index is 1.67. The van der Waals surface area contributed by atoms with E-state index in [4.69, 9.17) is 24.0 Å². The summed E-state index contributed by atoms with van der Waals surface area (Å²) in [6, 6.07) is 0. The molecule has 0 aromatic carbocycles. The molecular formula is C19H32O5. The van der Waals surface area contributed by atoms with E-state index in [0.717, 1.165) is 19.3 Å². The third-order valence-electron chi connectivity index (χ3n) is 6.69. The van der Waals surface area contributed by atoms with E-state index in [2.05, 4.69) is 27.7 Å². The van der Waals surface area contributed by atoms with E-state index in [0.29, 0.717) is 30.3 Å². The van der Waals surface area contributed by atoms with Crippen molar-refractivity contribution in [3.8, 4) is 0 Å². The van der Waals surface area contributed by atoms with E-state index < -0.39 is 17.7 Å². The van der Waals surface area contributed by atoms with Gasteiger partial charge in [0.2, 0.25) is 5.79 Å². The van der Waals surface area contributed by atoms with E-state index in [-0.39, 0.29) is 12.2 Å². The molecule has 5 aliphatic rings. The van der Waals surface area contributed by atoms with Gasteiger partial charge in [0.05, 0.1) is 6.61 Å². The van der Waals surface area contributed by atoms with Crippen LogP contribution >= 0.6 is 0 Å². The number of hydrogen-bond donors (Lipinski definition) is 0. The smallest absolute Gasteiger partial charge is 0.201 e. The molecule has 2 bridgehead atoms. The number of ether oxygens (including phenoxy) is 3. The number of rotatable bonds is 3. The quantitative estimate of drug-likeness (QED) is 0.730. The molecule has 0 amide bonds. The van der Waals surface area contributed by atoms with Crippen molar-refractivity contribution >= 4 is 0 Å². The van der Waals surface area contributed by atoms with Gasteiger partial charge in [-0.3, -0.25) is 0 Å². The monoisotopic (exact) mass is 340 g/mol. The fourth-order valence-electron chi connectivity index (χ4n) is 5.35. The zero-order valence-electron chi connectivity index (χ0n) is 15.6. The van der Waals surface area contributed by atoms with Crippen LogP contribution in [-0.4, -0.2) is 30.6 Å². The zero-order chi connectivity index (χ0) is 17.1. The molecule has 0 N–H and O–H groups in total. The first-order chi connectivity index (χ1) is 11.4. The summed E-state index contributed by atoms with van der Waals surface area (Å²) in [6.45, 7) is 11.6. The molecule has 4 saturated heterocycles. The summed E-state index contributed by atoms with van der Waals surface area (Å²) in [5.74, 6) is 1.40. The van der Waals surface area contributed by atoms with E-state index in [1.807, 2.05) is 6.92 Å². The van der Waals surface area contributed by atoms with Gasteiger partial charge in [0, 0.05) is 18.3 Å². The summed E-state index contributed by atoms with van der Waals surface area (Å²) in [7, 11) is 0. The summed E-state index contributed by atoms with van der Waals surface area (Å²) in [5, 5.41) is 0. The molecule has 0 aromatic heterocycles. The lowest BCUT2D eigenvalue weighted by Crippen LogP contribution is -2.70. The highest BCUT2D eigenvalue weighted by Gasteiger charge is 2.69. The van der Waals surface area contributed by atoms with Crippen molar-refractivity contribution in [2.45, 2.75) is 84.3 Å². The highest BCUT2D eigenvalue weighted by atomic mass is 17.3. The molecule has 5 heteroatoms. The summed E-state index contributed by atoms with van der Waals surface area (Å²) in [5.41, 5.74) is -0.481. The molecule has 1 aliphatic carbocycles. The van der Waals surface area contributed by atoms with Gasteiger partial charge in [-0.15, -0.1) is 0 Å². The Labute approximate surface area is 145 Å². The first kappa shape index (κ1) is 17.2. The molecule has 1 saturated carbocycles. The highest BCUT2D eigenvalue weighted by Crippen LogP contribution is 2.60. The van der Waals surface area contributed by atoms with Crippen molar-refractivity contribution in [1.82, 2.24) is 0 Å². The predicted molar refractivity (Wildman–Crippen MR) is 87.6 cm³/mol. The van der Waals surface area contributed by atoms with Crippen LogP contribution in [0.3, 0.4) is 0 Å². The van der Waals surface area contributed by atoms with Crippen molar-refractivity contribution in [3.63, 3.8) is 0 Å². The van der Waals surface area contributed by atoms with Gasteiger partial charge in [-0.2, -0.15) is 0 Å². The number of fused-ring (bicyclic) bond motifs is 2. The summed E-state index contributed by atoms with van der Waals surface area (Å²) < 4.78 is 18.8. The molecule has 0 aromatic rings. The van der Waals surface area contributed by atoms with Crippen molar-refractivity contribution < 1.29 is 24.0 Å². The Kier molecular flexibility index (Phi) is 4.25. The molecule has 4 heterocycles. The van der Waals surface area contributed by atoms with Crippen LogP contribution in [-0.2, 0) is 24.0 Å². The first-order valence-electron chi connectivity index (χ1n) is 9.67. The maximum atomic E-state index is 6.36. The van der Waals surface area contributed by atoms with Gasteiger partial charge < -0.3 is 14.2 Å². The largest absolute Gasteiger partial charge is 0.352 e. The van der Waals surface area contributed by atoms with Crippen LogP contribution < -0.4 is 0 Å². The number of hydrogen-bond acceptors (Lipinski definition) is 5. The van der Waals surface area contributed by atoms with Crippen molar-refractivity contribution in [1.29, 1.82) is 0 Å². The topological polar surface area (TPSA) is 46.2 Å². The van der Waals surface area contributed by atoms with Crippen LogP contribution in [0.4, 0.5) is 0 Å². The second-order valence-corrected chi connectivity index (χ2v) is 9.00. The van der Waals surface area contributed by atoms with Crippen LogP contribution in [0.5, 0.6) is 0 Å². The van der Waals surface area contributed by atoms with Crippen molar-refractivity contribution in [3.05, 3.63) is 0 Å². The van der Waals surface area contributed by atoms with E-state index in [1.54, 1.807) is 0 Å². The average Bonchev–Trinajstić information content (AvgIpc) is 2.76. The zero-order valence-corrected chi connectivity index (χ0v) is 15.6. The lowest BCUT2D eigenvalue weighted by atomic mass is 9.58. The van der Waals surface area contributed by atoms with Gasteiger partial charge in [-0.25, -0.2) is 9.78 Å². The van der Waals surface area contributed by atoms with Crippen LogP contribution in [0, 0.1) is 29.6 Å². The molecule has 5 rings (SSSR count). The highest BCUT2D eigenvalue weighted by molar-refractivity contribution is 5.09. The van der Waals surface area contributed by atoms with Gasteiger partial charge in [-0.05, 0) is 43.9 Å². The van der Waals surface area contributed by atoms with Crippen molar-refractivity contribution in [2.75, 3.05) is 6.61 Å². The Morgan fingerprint density at radius 1 is 1.08 bits per heavy atom. The van der Waals surface area contributed by atoms with Gasteiger partial charge >= 0.3 is 0 Å². The Morgan fingerprint density at radius 3 is 2.62 bits per heavy atom. The maximum absolute atomic E-state index is 6.36. The van der Waals surface area contributed by atoms with Crippen molar-refractivity contribution in [2.24, 2.45) is 29.6 Å². The van der Waals surface area contributed by atoms with Crippen LogP contribution in [0.1, 0.15) is 60.3 Å². The van der Waals surface area contributed by atoms with E-state index >= 15 is 0 Å². The summed E-state index contributed by atoms with van der Waals surface area (Å²) in [4.78, 5) is 11.9. The second-order valence-electron chi connectivity index (χ2n) is 9.00. The average molecular weight is 340 g/mol. The molecule has 0 radical (unpaired) electrons. The minimum Gasteiger partial charge on any atom is -0.352 e. The molecule has 4 aliphatic heterocycles. The normalized spacial score (nSPS) is 53.8. The molecule has 5 nitrogen and oxygen atoms in total. The molecular weight excluding hydrogens is 308 g/mol. The van der Waals surface area contributed by atoms with E-state index in [1.165, 1.54) is 6.42 Å². The first-order valence-corrected chi connectivity index (χ1v) is 9.67. The maximum Gasteiger partial charge on any atom is 0.201 e. The van der Waals surface area contributed by atoms with Crippen LogP contribution in [0.15, 0.2) is 0 Å². The van der Waals surface area contributed by atoms with Gasteiger partial charge in [0.1, 0.15) is 0 Å². The SMILES string of the molecule is CC(C)COC1O[C@@H]2O[C@]3(C)CC[C@H]4[C@H](C)CCC([C@H]1C)C24OO3. The molecule has 5 fully saturated rings. The fraction of sp³-hybridized carbons (Fsp3) is 1.00. The molecule has 3 unspecified atom stereocenters. The predicted octanol–water partition coefficient (Wildman–Crippen LogP) is 3.87. The second kappa shape index (κ2) is 5.92. The Morgan fingerprint density at radius 2 is 1.88 bits per heavy atom. The van der Waals surface area contributed by atoms with Crippen LogP contribution in [0.2, 0.25) is 0 Å². The lowest BCUT2D eigenvalue weighted by Gasteiger charge is -2.60. The lowest BCUT2D eigenvalue weighted by molar-refractivity contribution is -0.577. The Hall–Kier alpha value is -0.200. The fourth-order valence-corrected chi connectivity index (χ4v) is 5.35. The van der Waals surface area contributed by atoms with Gasteiger partial charge in [0.15, 0.2) is 18.2 Å². The van der Waals surface area contributed by atoms with Crippen LogP contribution in [0.25, 0.3) is 0 Å². The molecule has 8 atom stereocenters. The van der Waals surface area contributed by atoms with E-state index in [9.17, 15) is 0 Å². The van der Waals surface area contributed by atoms with Gasteiger partial charge in [0.25, 0.3) is 0 Å². The summed E-state index contributed by atoms with van der Waals surface area (Å²) in [6.07, 6.45) is 3.63. The third-order valence-corrected chi connectivity index (χ3v) is 6.69. The third kappa shape index (κ3) is 2.47. The minimum atomic E-state index is -0.708. The molecule has 1 spiro atoms.